The van der Waals surface area contributed by atoms with Gasteiger partial charge < -0.3 is 19.7 Å². The van der Waals surface area contributed by atoms with E-state index in [-0.39, 0.29) is 24.2 Å². The Morgan fingerprint density at radius 2 is 1.95 bits per heavy atom. The first-order valence-corrected chi connectivity index (χ1v) is 14.2. The molecule has 1 aliphatic heterocycles. The summed E-state index contributed by atoms with van der Waals surface area (Å²) >= 11 is 0. The maximum absolute atomic E-state index is 14.8. The fourth-order valence-corrected chi connectivity index (χ4v) is 5.44. The highest BCUT2D eigenvalue weighted by Gasteiger charge is 2.42. The SMILES string of the molecule is CCCCCC(O)c1ccc([C@@H]2[C@@H](C/C=C\CCCC(=O)OCCN3CCOCC3)[C@H](F)C[C@H]2O)cc1. The average molecular weight is 520 g/mol. The van der Waals surface area contributed by atoms with Gasteiger partial charge in [0.1, 0.15) is 12.8 Å². The van der Waals surface area contributed by atoms with Crippen molar-refractivity contribution in [3.8, 4) is 0 Å². The lowest BCUT2D eigenvalue weighted by atomic mass is 9.84. The lowest BCUT2D eigenvalue weighted by Gasteiger charge is -2.26. The number of benzene rings is 1. The van der Waals surface area contributed by atoms with Gasteiger partial charge in [-0.2, -0.15) is 0 Å². The number of esters is 1. The van der Waals surface area contributed by atoms with Crippen LogP contribution in [0.3, 0.4) is 0 Å². The number of ether oxygens (including phenoxy) is 2. The number of morpholine rings is 1. The maximum Gasteiger partial charge on any atom is 0.305 e. The van der Waals surface area contributed by atoms with Gasteiger partial charge in [-0.25, -0.2) is 4.39 Å². The van der Waals surface area contributed by atoms with Gasteiger partial charge in [0, 0.05) is 44.3 Å². The van der Waals surface area contributed by atoms with Crippen LogP contribution in [-0.4, -0.2) is 72.8 Å². The van der Waals surface area contributed by atoms with E-state index in [0.717, 1.165) is 76.1 Å². The molecule has 1 saturated carbocycles. The predicted molar refractivity (Wildman–Crippen MR) is 143 cm³/mol. The van der Waals surface area contributed by atoms with E-state index in [1.54, 1.807) is 0 Å². The standard InChI is InChI=1S/C30H46FNO5/c1-2-3-6-10-27(33)23-12-14-24(15-13-23)30-25(26(31)22-28(30)34)9-7-4-5-8-11-29(35)37-21-18-32-16-19-36-20-17-32/h4,7,12-15,25-28,30,33-34H,2-3,5-6,8-11,16-22H2,1H3/b7-4-/t25-,26+,27?,28+,30+/m0/s1. The van der Waals surface area contributed by atoms with Crippen LogP contribution in [0.4, 0.5) is 4.39 Å². The van der Waals surface area contributed by atoms with Crippen LogP contribution in [0.2, 0.25) is 0 Å². The number of hydrogen-bond donors (Lipinski definition) is 2. The number of unbranched alkanes of at least 4 members (excludes halogenated alkanes) is 3. The average Bonchev–Trinajstić information content (AvgIpc) is 3.19. The number of rotatable bonds is 15. The number of hydrogen-bond acceptors (Lipinski definition) is 6. The third-order valence-electron chi connectivity index (χ3n) is 7.70. The minimum Gasteiger partial charge on any atom is -0.464 e. The maximum atomic E-state index is 14.8. The molecule has 2 aliphatic rings. The van der Waals surface area contributed by atoms with Gasteiger partial charge in [0.2, 0.25) is 0 Å². The molecule has 208 valence electrons. The Bertz CT molecular complexity index is 811. The minimum absolute atomic E-state index is 0.154. The van der Waals surface area contributed by atoms with Gasteiger partial charge in [0.05, 0.1) is 25.4 Å². The molecule has 37 heavy (non-hydrogen) atoms. The topological polar surface area (TPSA) is 79.2 Å². The minimum atomic E-state index is -1.05. The molecule has 3 rings (SSSR count). The molecule has 0 radical (unpaired) electrons. The predicted octanol–water partition coefficient (Wildman–Crippen LogP) is 5.09. The molecule has 6 nitrogen and oxygen atoms in total. The van der Waals surface area contributed by atoms with Gasteiger partial charge in [0.25, 0.3) is 0 Å². The summed E-state index contributed by atoms with van der Waals surface area (Å²) in [6.45, 7) is 6.54. The van der Waals surface area contributed by atoms with Crippen molar-refractivity contribution in [2.24, 2.45) is 5.92 Å². The number of carbonyl (C=O) groups excluding carboxylic acids is 1. The molecule has 1 heterocycles. The van der Waals surface area contributed by atoms with Crippen molar-refractivity contribution < 1.29 is 28.9 Å². The van der Waals surface area contributed by atoms with Crippen LogP contribution in [0.15, 0.2) is 36.4 Å². The summed E-state index contributed by atoms with van der Waals surface area (Å²) in [4.78, 5) is 14.2. The second-order valence-corrected chi connectivity index (χ2v) is 10.5. The number of aliphatic hydroxyl groups is 2. The number of halogens is 1. The zero-order valence-corrected chi connectivity index (χ0v) is 22.4. The van der Waals surface area contributed by atoms with Crippen molar-refractivity contribution >= 4 is 5.97 Å². The molecule has 7 heteroatoms. The summed E-state index contributed by atoms with van der Waals surface area (Å²) < 4.78 is 25.4. The number of alkyl halides is 1. The van der Waals surface area contributed by atoms with Crippen LogP contribution >= 0.6 is 0 Å². The van der Waals surface area contributed by atoms with E-state index in [9.17, 15) is 19.4 Å². The molecule has 5 atom stereocenters. The lowest BCUT2D eigenvalue weighted by Crippen LogP contribution is -2.38. The first-order valence-electron chi connectivity index (χ1n) is 14.2. The zero-order chi connectivity index (χ0) is 26.5. The molecule has 1 saturated heterocycles. The molecule has 0 amide bonds. The lowest BCUT2D eigenvalue weighted by molar-refractivity contribution is -0.144. The monoisotopic (exact) mass is 519 g/mol. The molecular formula is C30H46FNO5. The fraction of sp³-hybridized carbons (Fsp3) is 0.700. The van der Waals surface area contributed by atoms with Crippen LogP contribution in [0.5, 0.6) is 0 Å². The van der Waals surface area contributed by atoms with E-state index in [0.29, 0.717) is 25.9 Å². The third kappa shape index (κ3) is 9.78. The van der Waals surface area contributed by atoms with E-state index >= 15 is 0 Å². The van der Waals surface area contributed by atoms with Crippen molar-refractivity contribution in [3.05, 3.63) is 47.5 Å². The summed E-state index contributed by atoms with van der Waals surface area (Å²) in [7, 11) is 0. The molecule has 1 aromatic rings. The van der Waals surface area contributed by atoms with Crippen molar-refractivity contribution in [2.75, 3.05) is 39.5 Å². The first kappa shape index (κ1) is 29.8. The first-order chi connectivity index (χ1) is 18.0. The van der Waals surface area contributed by atoms with Gasteiger partial charge in [-0.3, -0.25) is 9.69 Å². The second-order valence-electron chi connectivity index (χ2n) is 10.5. The third-order valence-corrected chi connectivity index (χ3v) is 7.70. The van der Waals surface area contributed by atoms with Gasteiger partial charge in [-0.1, -0.05) is 62.6 Å². The Labute approximate surface area is 221 Å². The van der Waals surface area contributed by atoms with Crippen molar-refractivity contribution in [1.29, 1.82) is 0 Å². The molecule has 1 aliphatic carbocycles. The zero-order valence-electron chi connectivity index (χ0n) is 22.4. The molecule has 0 aromatic heterocycles. The summed E-state index contributed by atoms with van der Waals surface area (Å²) in [6.07, 6.45) is 8.23. The Balaban J connectivity index is 1.38. The van der Waals surface area contributed by atoms with Gasteiger partial charge in [-0.15, -0.1) is 0 Å². The molecule has 1 aromatic carbocycles. The molecule has 2 fully saturated rings. The second kappa shape index (κ2) is 16.2. The molecule has 1 unspecified atom stereocenters. The summed E-state index contributed by atoms with van der Waals surface area (Å²) in [6, 6.07) is 7.70. The highest BCUT2D eigenvalue weighted by Crippen LogP contribution is 2.44. The van der Waals surface area contributed by atoms with Crippen LogP contribution in [0, 0.1) is 5.92 Å². The fourth-order valence-electron chi connectivity index (χ4n) is 5.44. The Morgan fingerprint density at radius 1 is 1.19 bits per heavy atom. The van der Waals surface area contributed by atoms with E-state index in [2.05, 4.69) is 11.8 Å². The molecule has 0 bridgehead atoms. The van der Waals surface area contributed by atoms with Crippen molar-refractivity contribution in [2.45, 2.75) is 89.0 Å². The molecular weight excluding hydrogens is 473 g/mol. The molecule has 0 spiro atoms. The number of allylic oxidation sites excluding steroid dienone is 2. The largest absolute Gasteiger partial charge is 0.464 e. The van der Waals surface area contributed by atoms with Gasteiger partial charge in [0.15, 0.2) is 0 Å². The normalized spacial score (nSPS) is 25.5. The van der Waals surface area contributed by atoms with Crippen LogP contribution in [0.1, 0.15) is 87.9 Å². The quantitative estimate of drug-likeness (QED) is 0.191. The van der Waals surface area contributed by atoms with E-state index in [1.807, 2.05) is 36.4 Å². The van der Waals surface area contributed by atoms with E-state index in [4.69, 9.17) is 9.47 Å². The van der Waals surface area contributed by atoms with E-state index < -0.39 is 18.4 Å². The van der Waals surface area contributed by atoms with Crippen LogP contribution < -0.4 is 0 Å². The Kier molecular flexibility index (Phi) is 13.0. The number of carbonyl (C=O) groups is 1. The van der Waals surface area contributed by atoms with Crippen LogP contribution in [0.25, 0.3) is 0 Å². The van der Waals surface area contributed by atoms with Gasteiger partial charge in [-0.05, 0) is 36.8 Å². The summed E-state index contributed by atoms with van der Waals surface area (Å²) in [5.41, 5.74) is 1.80. The van der Waals surface area contributed by atoms with Crippen LogP contribution in [-0.2, 0) is 14.3 Å². The molecule has 2 N–H and O–H groups in total. The van der Waals surface area contributed by atoms with E-state index in [1.165, 1.54) is 0 Å². The van der Waals surface area contributed by atoms with Gasteiger partial charge >= 0.3 is 5.97 Å². The number of aliphatic hydroxyl groups excluding tert-OH is 2. The highest BCUT2D eigenvalue weighted by atomic mass is 19.1. The Hall–Kier alpha value is -1.80. The number of nitrogens with zero attached hydrogens (tertiary/aromatic N) is 1. The smallest absolute Gasteiger partial charge is 0.305 e. The summed E-state index contributed by atoms with van der Waals surface area (Å²) in [5.74, 6) is -0.715. The van der Waals surface area contributed by atoms with Crippen molar-refractivity contribution in [1.82, 2.24) is 4.90 Å². The van der Waals surface area contributed by atoms with Crippen molar-refractivity contribution in [3.63, 3.8) is 0 Å². The highest BCUT2D eigenvalue weighted by molar-refractivity contribution is 5.69. The summed E-state index contributed by atoms with van der Waals surface area (Å²) in [5, 5.41) is 21.0. The Morgan fingerprint density at radius 3 is 2.68 bits per heavy atom.